The highest BCUT2D eigenvalue weighted by Gasteiger charge is 2.33. The molecule has 38 heavy (non-hydrogen) atoms. The van der Waals surface area contributed by atoms with Crippen LogP contribution in [0.2, 0.25) is 0 Å². The average Bonchev–Trinajstić information content (AvgIpc) is 2.90. The van der Waals surface area contributed by atoms with Crippen LogP contribution in [0.5, 0.6) is 5.75 Å². The van der Waals surface area contributed by atoms with E-state index < -0.39 is 6.10 Å². The summed E-state index contributed by atoms with van der Waals surface area (Å²) < 4.78 is 19.4. The zero-order valence-electron chi connectivity index (χ0n) is 22.7. The standard InChI is InChI=1S/C32H37FN2O3/c1-5-29(32(37)34-20-23-8-13-26(33)14-9-23)38-27-15-12-24-16-17-35(30(36)18-21(2)3)31(28(24)19-27)25-10-6-22(4)7-11-25/h6-15,19,21,29,31H,5,16-18,20H2,1-4H3,(H,34,37). The molecule has 0 radical (unpaired) electrons. The summed E-state index contributed by atoms with van der Waals surface area (Å²) in [5.74, 6) is 0.488. The Morgan fingerprint density at radius 2 is 1.76 bits per heavy atom. The monoisotopic (exact) mass is 516 g/mol. The van der Waals surface area contributed by atoms with Crippen molar-refractivity contribution in [3.05, 3.63) is 100 Å². The molecular formula is C32H37FN2O3. The van der Waals surface area contributed by atoms with Gasteiger partial charge in [0.05, 0.1) is 6.04 Å². The van der Waals surface area contributed by atoms with E-state index in [4.69, 9.17) is 4.74 Å². The number of hydrogen-bond acceptors (Lipinski definition) is 3. The lowest BCUT2D eigenvalue weighted by Gasteiger charge is -2.38. The van der Waals surface area contributed by atoms with Gasteiger partial charge >= 0.3 is 0 Å². The van der Waals surface area contributed by atoms with Crippen LogP contribution >= 0.6 is 0 Å². The molecule has 1 N–H and O–H groups in total. The molecule has 1 aliphatic rings. The second-order valence-electron chi connectivity index (χ2n) is 10.5. The van der Waals surface area contributed by atoms with Gasteiger partial charge in [0.15, 0.2) is 6.10 Å². The Balaban J connectivity index is 1.57. The SMILES string of the molecule is CCC(Oc1ccc2c(c1)C(c1ccc(C)cc1)N(C(=O)CC(C)C)CC2)C(=O)NCc1ccc(F)cc1. The topological polar surface area (TPSA) is 58.6 Å². The molecule has 0 aliphatic carbocycles. The Bertz CT molecular complexity index is 1250. The Kier molecular flexibility index (Phi) is 8.82. The minimum Gasteiger partial charge on any atom is -0.481 e. The number of rotatable bonds is 9. The molecule has 2 atom stereocenters. The van der Waals surface area contributed by atoms with E-state index in [1.165, 1.54) is 23.3 Å². The fourth-order valence-corrected chi connectivity index (χ4v) is 4.90. The highest BCUT2D eigenvalue weighted by atomic mass is 19.1. The largest absolute Gasteiger partial charge is 0.481 e. The van der Waals surface area contributed by atoms with E-state index >= 15 is 0 Å². The number of ether oxygens (including phenoxy) is 1. The molecule has 0 aromatic heterocycles. The zero-order chi connectivity index (χ0) is 27.2. The van der Waals surface area contributed by atoms with Crippen LogP contribution in [0.1, 0.15) is 67.5 Å². The van der Waals surface area contributed by atoms with Gasteiger partial charge in [-0.2, -0.15) is 0 Å². The molecule has 6 heteroatoms. The first-order chi connectivity index (χ1) is 18.2. The third-order valence-corrected chi connectivity index (χ3v) is 6.96. The maximum atomic E-state index is 13.3. The molecule has 3 aromatic carbocycles. The predicted octanol–water partition coefficient (Wildman–Crippen LogP) is 6.13. The van der Waals surface area contributed by atoms with Gasteiger partial charge in [-0.3, -0.25) is 9.59 Å². The molecule has 1 heterocycles. The van der Waals surface area contributed by atoms with Crippen LogP contribution in [0.3, 0.4) is 0 Å². The van der Waals surface area contributed by atoms with E-state index in [0.717, 1.165) is 23.1 Å². The van der Waals surface area contributed by atoms with Gasteiger partial charge in [-0.15, -0.1) is 0 Å². The van der Waals surface area contributed by atoms with E-state index in [0.29, 0.717) is 31.7 Å². The van der Waals surface area contributed by atoms with Crippen molar-refractivity contribution in [1.82, 2.24) is 10.2 Å². The molecular weight excluding hydrogens is 479 g/mol. The Labute approximate surface area is 225 Å². The van der Waals surface area contributed by atoms with Crippen LogP contribution in [0.4, 0.5) is 4.39 Å². The smallest absolute Gasteiger partial charge is 0.261 e. The maximum Gasteiger partial charge on any atom is 0.261 e. The Morgan fingerprint density at radius 1 is 1.05 bits per heavy atom. The molecule has 3 aromatic rings. The fraction of sp³-hybridized carbons (Fsp3) is 0.375. The van der Waals surface area contributed by atoms with E-state index in [-0.39, 0.29) is 29.6 Å². The van der Waals surface area contributed by atoms with Crippen LogP contribution in [0.25, 0.3) is 0 Å². The van der Waals surface area contributed by atoms with E-state index in [1.54, 1.807) is 12.1 Å². The molecule has 2 amide bonds. The lowest BCUT2D eigenvalue weighted by Crippen LogP contribution is -2.41. The average molecular weight is 517 g/mol. The van der Waals surface area contributed by atoms with E-state index in [1.807, 2.05) is 24.0 Å². The van der Waals surface area contributed by atoms with Crippen molar-refractivity contribution in [2.24, 2.45) is 5.92 Å². The zero-order valence-corrected chi connectivity index (χ0v) is 22.7. The Hall–Kier alpha value is -3.67. The molecule has 5 nitrogen and oxygen atoms in total. The normalized spacial score (nSPS) is 15.6. The first-order valence-corrected chi connectivity index (χ1v) is 13.4. The van der Waals surface area contributed by atoms with Crippen molar-refractivity contribution >= 4 is 11.8 Å². The number of halogens is 1. The molecule has 4 rings (SSSR count). The third-order valence-electron chi connectivity index (χ3n) is 6.96. The second kappa shape index (κ2) is 12.2. The number of carbonyl (C=O) groups excluding carboxylic acids is 2. The van der Waals surface area contributed by atoms with Crippen molar-refractivity contribution in [1.29, 1.82) is 0 Å². The number of benzene rings is 3. The van der Waals surface area contributed by atoms with Gasteiger partial charge in [0.2, 0.25) is 5.91 Å². The first kappa shape index (κ1) is 27.4. The van der Waals surface area contributed by atoms with Gasteiger partial charge in [-0.25, -0.2) is 4.39 Å². The second-order valence-corrected chi connectivity index (χ2v) is 10.5. The molecule has 200 valence electrons. The van der Waals surface area contributed by atoms with Gasteiger partial charge in [-0.1, -0.05) is 68.8 Å². The van der Waals surface area contributed by atoms with E-state index in [9.17, 15) is 14.0 Å². The molecule has 1 aliphatic heterocycles. The highest BCUT2D eigenvalue weighted by molar-refractivity contribution is 5.81. The van der Waals surface area contributed by atoms with Gasteiger partial charge in [0, 0.05) is 19.5 Å². The van der Waals surface area contributed by atoms with Crippen LogP contribution in [0.15, 0.2) is 66.7 Å². The summed E-state index contributed by atoms with van der Waals surface area (Å²) >= 11 is 0. The van der Waals surface area contributed by atoms with Crippen molar-refractivity contribution in [2.45, 2.75) is 65.6 Å². The first-order valence-electron chi connectivity index (χ1n) is 13.4. The molecule has 0 saturated carbocycles. The van der Waals surface area contributed by atoms with Crippen LogP contribution in [-0.4, -0.2) is 29.4 Å². The summed E-state index contributed by atoms with van der Waals surface area (Å²) in [7, 11) is 0. The number of aryl methyl sites for hydroxylation is 1. The van der Waals surface area contributed by atoms with Crippen molar-refractivity contribution in [3.63, 3.8) is 0 Å². The summed E-state index contributed by atoms with van der Waals surface area (Å²) in [4.78, 5) is 28.2. The summed E-state index contributed by atoms with van der Waals surface area (Å²) in [6, 6.07) is 20.1. The fourth-order valence-electron chi connectivity index (χ4n) is 4.90. The molecule has 0 fully saturated rings. The molecule has 2 unspecified atom stereocenters. The van der Waals surface area contributed by atoms with Gasteiger partial charge < -0.3 is 15.0 Å². The summed E-state index contributed by atoms with van der Waals surface area (Å²) in [5.41, 5.74) is 5.27. The minimum absolute atomic E-state index is 0.147. The lowest BCUT2D eigenvalue weighted by molar-refractivity contribution is -0.134. The minimum atomic E-state index is -0.673. The Morgan fingerprint density at radius 3 is 2.42 bits per heavy atom. The van der Waals surface area contributed by atoms with Crippen molar-refractivity contribution in [2.75, 3.05) is 6.54 Å². The summed E-state index contributed by atoms with van der Waals surface area (Å²) in [6.45, 7) is 9.05. The van der Waals surface area contributed by atoms with E-state index in [2.05, 4.69) is 56.4 Å². The van der Waals surface area contributed by atoms with Crippen LogP contribution in [0, 0.1) is 18.7 Å². The number of nitrogens with zero attached hydrogens (tertiary/aromatic N) is 1. The van der Waals surface area contributed by atoms with Gasteiger partial charge in [0.25, 0.3) is 5.91 Å². The third kappa shape index (κ3) is 6.60. The lowest BCUT2D eigenvalue weighted by atomic mass is 9.87. The van der Waals surface area contributed by atoms with Gasteiger partial charge in [0.1, 0.15) is 11.6 Å². The maximum absolute atomic E-state index is 13.3. The highest BCUT2D eigenvalue weighted by Crippen LogP contribution is 2.38. The number of carbonyl (C=O) groups is 2. The number of hydrogen-bond donors (Lipinski definition) is 1. The van der Waals surface area contributed by atoms with Crippen LogP contribution < -0.4 is 10.1 Å². The van der Waals surface area contributed by atoms with Gasteiger partial charge in [-0.05, 0) is 72.2 Å². The predicted molar refractivity (Wildman–Crippen MR) is 147 cm³/mol. The summed E-state index contributed by atoms with van der Waals surface area (Å²) in [5, 5.41) is 2.89. The van der Waals surface area contributed by atoms with Crippen molar-refractivity contribution < 1.29 is 18.7 Å². The quantitative estimate of drug-likeness (QED) is 0.372. The number of fused-ring (bicyclic) bond motifs is 1. The number of amides is 2. The molecule has 0 spiro atoms. The summed E-state index contributed by atoms with van der Waals surface area (Å²) in [6.07, 6.45) is 1.10. The van der Waals surface area contributed by atoms with Crippen LogP contribution in [-0.2, 0) is 22.6 Å². The molecule has 0 saturated heterocycles. The molecule has 0 bridgehead atoms. The number of nitrogens with one attached hydrogen (secondary N) is 1. The van der Waals surface area contributed by atoms with Crippen molar-refractivity contribution in [3.8, 4) is 5.75 Å².